The number of rotatable bonds is 8. The Morgan fingerprint density at radius 1 is 1.20 bits per heavy atom. The summed E-state index contributed by atoms with van der Waals surface area (Å²) in [5.74, 6) is -0.230. The predicted octanol–water partition coefficient (Wildman–Crippen LogP) is 1.71. The van der Waals surface area contributed by atoms with Crippen LogP contribution in [0.1, 0.15) is 54.7 Å². The molecule has 0 bridgehead atoms. The van der Waals surface area contributed by atoms with Gasteiger partial charge in [0, 0.05) is 38.9 Å². The van der Waals surface area contributed by atoms with E-state index in [4.69, 9.17) is 4.74 Å². The van der Waals surface area contributed by atoms with Crippen molar-refractivity contribution in [2.45, 2.75) is 51.5 Å². The summed E-state index contributed by atoms with van der Waals surface area (Å²) >= 11 is 0. The second-order valence-corrected chi connectivity index (χ2v) is 6.48. The maximum Gasteiger partial charge on any atom is 0.274 e. The van der Waals surface area contributed by atoms with E-state index in [-0.39, 0.29) is 30.0 Å². The van der Waals surface area contributed by atoms with E-state index >= 15 is 0 Å². The van der Waals surface area contributed by atoms with Crippen LogP contribution in [0.5, 0.6) is 0 Å². The molecule has 0 aliphatic heterocycles. The number of aromatic nitrogens is 2. The first-order valence-corrected chi connectivity index (χ1v) is 8.96. The Kier molecular flexibility index (Phi) is 7.78. The summed E-state index contributed by atoms with van der Waals surface area (Å²) in [6.45, 7) is 2.99. The maximum atomic E-state index is 12.6. The lowest BCUT2D eigenvalue weighted by atomic mass is 9.95. The highest BCUT2D eigenvalue weighted by molar-refractivity contribution is 5.92. The van der Waals surface area contributed by atoms with E-state index in [0.717, 1.165) is 18.5 Å². The average Bonchev–Trinajstić information content (AvgIpc) is 2.63. The molecule has 1 aromatic rings. The summed E-state index contributed by atoms with van der Waals surface area (Å²) in [6, 6.07) is 0.285. The van der Waals surface area contributed by atoms with Crippen LogP contribution < -0.4 is 5.32 Å². The third kappa shape index (κ3) is 6.42. The van der Waals surface area contributed by atoms with Gasteiger partial charge < -0.3 is 15.0 Å². The fraction of sp³-hybridized carbons (Fsp3) is 0.667. The van der Waals surface area contributed by atoms with Crippen molar-refractivity contribution in [1.82, 2.24) is 20.2 Å². The standard InChI is InChI=1S/C18H28N4O3/c1-14-12-20-16(13-19-14)18(24)22(10-11-25-2)9-8-17(23)21-15-6-4-3-5-7-15/h12-13,15H,3-11H2,1-2H3,(H,21,23). The zero-order valence-corrected chi connectivity index (χ0v) is 15.2. The number of nitrogens with zero attached hydrogens (tertiary/aromatic N) is 3. The van der Waals surface area contributed by atoms with Crippen molar-refractivity contribution >= 4 is 11.8 Å². The Bertz CT molecular complexity index is 556. The molecule has 7 nitrogen and oxygen atoms in total. The van der Waals surface area contributed by atoms with Gasteiger partial charge in [-0.15, -0.1) is 0 Å². The quantitative estimate of drug-likeness (QED) is 0.773. The molecule has 1 aromatic heterocycles. The third-order valence-corrected chi connectivity index (χ3v) is 4.43. The van der Waals surface area contributed by atoms with Crippen LogP contribution in [0.3, 0.4) is 0 Å². The molecule has 0 unspecified atom stereocenters. The molecule has 25 heavy (non-hydrogen) atoms. The number of amides is 2. The molecule has 1 fully saturated rings. The van der Waals surface area contributed by atoms with Crippen molar-refractivity contribution in [2.75, 3.05) is 26.8 Å². The van der Waals surface area contributed by atoms with E-state index in [1.807, 2.05) is 6.92 Å². The van der Waals surface area contributed by atoms with Gasteiger partial charge in [0.25, 0.3) is 5.91 Å². The van der Waals surface area contributed by atoms with E-state index < -0.39 is 0 Å². The normalized spacial score (nSPS) is 15.0. The molecule has 1 aliphatic carbocycles. The van der Waals surface area contributed by atoms with Gasteiger partial charge in [-0.25, -0.2) is 4.98 Å². The monoisotopic (exact) mass is 348 g/mol. The number of methoxy groups -OCH3 is 1. The van der Waals surface area contributed by atoms with Crippen molar-refractivity contribution in [3.63, 3.8) is 0 Å². The molecule has 0 aromatic carbocycles. The van der Waals surface area contributed by atoms with E-state index in [2.05, 4.69) is 15.3 Å². The first-order valence-electron chi connectivity index (χ1n) is 8.96. The second kappa shape index (κ2) is 10.1. The number of carbonyl (C=O) groups excluding carboxylic acids is 2. The highest BCUT2D eigenvalue weighted by Gasteiger charge is 2.20. The van der Waals surface area contributed by atoms with Crippen LogP contribution in [0, 0.1) is 6.92 Å². The Morgan fingerprint density at radius 3 is 2.60 bits per heavy atom. The van der Waals surface area contributed by atoms with E-state index in [1.54, 1.807) is 18.2 Å². The van der Waals surface area contributed by atoms with Gasteiger partial charge >= 0.3 is 0 Å². The molecule has 7 heteroatoms. The second-order valence-electron chi connectivity index (χ2n) is 6.48. The topological polar surface area (TPSA) is 84.4 Å². The maximum absolute atomic E-state index is 12.6. The summed E-state index contributed by atoms with van der Waals surface area (Å²) in [4.78, 5) is 34.6. The molecule has 1 saturated carbocycles. The van der Waals surface area contributed by atoms with Crippen molar-refractivity contribution in [3.05, 3.63) is 23.8 Å². The van der Waals surface area contributed by atoms with Gasteiger partial charge in [-0.2, -0.15) is 0 Å². The van der Waals surface area contributed by atoms with Crippen LogP contribution >= 0.6 is 0 Å². The average molecular weight is 348 g/mol. The number of aryl methyl sites for hydroxylation is 1. The van der Waals surface area contributed by atoms with Gasteiger partial charge in [-0.05, 0) is 19.8 Å². The molecule has 0 spiro atoms. The Morgan fingerprint density at radius 2 is 1.96 bits per heavy atom. The fourth-order valence-corrected chi connectivity index (χ4v) is 2.96. The number of nitrogens with one attached hydrogen (secondary N) is 1. The molecule has 138 valence electrons. The number of hydrogen-bond donors (Lipinski definition) is 1. The van der Waals surface area contributed by atoms with Gasteiger partial charge in [0.15, 0.2) is 0 Å². The Labute approximate surface area is 149 Å². The largest absolute Gasteiger partial charge is 0.383 e. The van der Waals surface area contributed by atoms with Gasteiger partial charge in [0.1, 0.15) is 5.69 Å². The molecular formula is C18H28N4O3. The summed E-state index contributed by atoms with van der Waals surface area (Å²) in [7, 11) is 1.59. The first-order chi connectivity index (χ1) is 12.1. The first kappa shape index (κ1) is 19.3. The number of ether oxygens (including phenoxy) is 1. The molecule has 0 radical (unpaired) electrons. The number of hydrogen-bond acceptors (Lipinski definition) is 5. The van der Waals surface area contributed by atoms with Gasteiger partial charge in [-0.1, -0.05) is 19.3 Å². The van der Waals surface area contributed by atoms with E-state index in [9.17, 15) is 9.59 Å². The zero-order chi connectivity index (χ0) is 18.1. The third-order valence-electron chi connectivity index (χ3n) is 4.43. The minimum absolute atomic E-state index is 0.00268. The smallest absolute Gasteiger partial charge is 0.274 e. The molecule has 1 heterocycles. The lowest BCUT2D eigenvalue weighted by Gasteiger charge is -2.25. The lowest BCUT2D eigenvalue weighted by Crippen LogP contribution is -2.40. The van der Waals surface area contributed by atoms with Crippen LogP contribution in [0.2, 0.25) is 0 Å². The zero-order valence-electron chi connectivity index (χ0n) is 15.2. The van der Waals surface area contributed by atoms with Gasteiger partial charge in [0.05, 0.1) is 18.5 Å². The van der Waals surface area contributed by atoms with Crippen LogP contribution in [0.25, 0.3) is 0 Å². The molecule has 2 rings (SSSR count). The molecule has 2 amide bonds. The van der Waals surface area contributed by atoms with Gasteiger partial charge in [-0.3, -0.25) is 14.6 Å². The number of carbonyl (C=O) groups is 2. The molecule has 0 atom stereocenters. The van der Waals surface area contributed by atoms with E-state index in [1.165, 1.54) is 25.5 Å². The van der Waals surface area contributed by atoms with Crippen LogP contribution in [0.15, 0.2) is 12.4 Å². The minimum atomic E-state index is -0.227. The highest BCUT2D eigenvalue weighted by atomic mass is 16.5. The molecule has 1 aliphatic rings. The van der Waals surface area contributed by atoms with Crippen molar-refractivity contribution in [1.29, 1.82) is 0 Å². The van der Waals surface area contributed by atoms with E-state index in [0.29, 0.717) is 19.7 Å². The SMILES string of the molecule is COCCN(CCC(=O)NC1CCCCC1)C(=O)c1cnc(C)cn1. The van der Waals surface area contributed by atoms with Crippen LogP contribution in [-0.4, -0.2) is 59.5 Å². The van der Waals surface area contributed by atoms with Gasteiger partial charge in [0.2, 0.25) is 5.91 Å². The predicted molar refractivity (Wildman–Crippen MR) is 94.2 cm³/mol. The van der Waals surface area contributed by atoms with Crippen molar-refractivity contribution < 1.29 is 14.3 Å². The summed E-state index contributed by atoms with van der Waals surface area (Å²) < 4.78 is 5.08. The summed E-state index contributed by atoms with van der Waals surface area (Å²) in [5, 5.41) is 3.08. The summed E-state index contributed by atoms with van der Waals surface area (Å²) in [5.41, 5.74) is 1.04. The highest BCUT2D eigenvalue weighted by Crippen LogP contribution is 2.17. The molecule has 1 N–H and O–H groups in total. The van der Waals surface area contributed by atoms with Crippen LogP contribution in [0.4, 0.5) is 0 Å². The Balaban J connectivity index is 1.88. The van der Waals surface area contributed by atoms with Crippen LogP contribution in [-0.2, 0) is 9.53 Å². The van der Waals surface area contributed by atoms with Crippen molar-refractivity contribution in [3.8, 4) is 0 Å². The van der Waals surface area contributed by atoms with Crippen molar-refractivity contribution in [2.24, 2.45) is 0 Å². The Hall–Kier alpha value is -2.02. The minimum Gasteiger partial charge on any atom is -0.383 e. The summed E-state index contributed by atoms with van der Waals surface area (Å²) in [6.07, 6.45) is 9.03. The lowest BCUT2D eigenvalue weighted by molar-refractivity contribution is -0.122. The molecule has 0 saturated heterocycles. The molecular weight excluding hydrogens is 320 g/mol. The fourth-order valence-electron chi connectivity index (χ4n) is 2.96.